The van der Waals surface area contributed by atoms with E-state index < -0.39 is 0 Å². The van der Waals surface area contributed by atoms with Gasteiger partial charge in [0.15, 0.2) is 0 Å². The van der Waals surface area contributed by atoms with Crippen molar-refractivity contribution in [3.63, 3.8) is 0 Å². The summed E-state index contributed by atoms with van der Waals surface area (Å²) in [6.45, 7) is 2.57. The first-order valence-corrected chi connectivity index (χ1v) is 5.99. The van der Waals surface area contributed by atoms with Crippen LogP contribution in [0.5, 0.6) is 0 Å². The normalized spacial score (nSPS) is 21.1. The molecule has 1 atom stereocenters. The van der Waals surface area contributed by atoms with Gasteiger partial charge in [0, 0.05) is 28.9 Å². The number of thiol groups is 1. The molecule has 1 saturated heterocycles. The van der Waals surface area contributed by atoms with Gasteiger partial charge in [0.1, 0.15) is 0 Å². The Hall–Kier alpha value is -0.550. The van der Waals surface area contributed by atoms with E-state index in [0.717, 1.165) is 15.9 Å². The highest BCUT2D eigenvalue weighted by atomic mass is 79.9. The summed E-state index contributed by atoms with van der Waals surface area (Å²) in [6.07, 6.45) is 2.24. The Morgan fingerprint density at radius 2 is 2.40 bits per heavy atom. The monoisotopic (exact) mass is 286 g/mol. The van der Waals surface area contributed by atoms with Crippen LogP contribution in [0.1, 0.15) is 12.1 Å². The molecule has 1 aliphatic heterocycles. The molecule has 15 heavy (non-hydrogen) atoms. The minimum Gasteiger partial charge on any atom is -0.309 e. The van der Waals surface area contributed by atoms with Crippen LogP contribution < -0.4 is 4.90 Å². The van der Waals surface area contributed by atoms with Crippen LogP contribution >= 0.6 is 28.6 Å². The number of aromatic nitrogens is 1. The zero-order chi connectivity index (χ0) is 11.0. The van der Waals surface area contributed by atoms with E-state index in [1.165, 1.54) is 0 Å². The Morgan fingerprint density at radius 1 is 1.67 bits per heavy atom. The summed E-state index contributed by atoms with van der Waals surface area (Å²) in [5, 5.41) is 0.135. The lowest BCUT2D eigenvalue weighted by atomic mass is 10.3. The van der Waals surface area contributed by atoms with Gasteiger partial charge < -0.3 is 4.90 Å². The van der Waals surface area contributed by atoms with Gasteiger partial charge >= 0.3 is 0 Å². The topological polar surface area (TPSA) is 33.2 Å². The lowest BCUT2D eigenvalue weighted by Crippen LogP contribution is -2.25. The van der Waals surface area contributed by atoms with Gasteiger partial charge in [-0.1, -0.05) is 0 Å². The number of anilines is 1. The molecule has 2 rings (SSSR count). The zero-order valence-corrected chi connectivity index (χ0v) is 10.8. The Bertz CT molecular complexity index is 410. The summed E-state index contributed by atoms with van der Waals surface area (Å²) >= 11 is 7.69. The van der Waals surface area contributed by atoms with Crippen LogP contribution in [0.4, 0.5) is 5.69 Å². The largest absolute Gasteiger partial charge is 0.309 e. The third-order valence-electron chi connectivity index (χ3n) is 2.42. The first-order valence-electron chi connectivity index (χ1n) is 4.68. The smallest absolute Gasteiger partial charge is 0.228 e. The summed E-state index contributed by atoms with van der Waals surface area (Å²) in [6, 6.07) is 1.92. The first kappa shape index (κ1) is 11.0. The van der Waals surface area contributed by atoms with Crippen LogP contribution in [0.3, 0.4) is 0 Å². The number of halogens is 1. The highest BCUT2D eigenvalue weighted by molar-refractivity contribution is 9.10. The number of nitrogens with zero attached hydrogens (tertiary/aromatic N) is 2. The average Bonchev–Trinajstić information content (AvgIpc) is 2.50. The van der Waals surface area contributed by atoms with Gasteiger partial charge in [0.05, 0.1) is 11.4 Å². The molecular weight excluding hydrogens is 276 g/mol. The maximum absolute atomic E-state index is 11.7. The molecule has 1 aromatic heterocycles. The molecule has 1 amide bonds. The predicted molar refractivity (Wildman–Crippen MR) is 66.4 cm³/mol. The number of amides is 1. The molecule has 0 aliphatic carbocycles. The van der Waals surface area contributed by atoms with Crippen molar-refractivity contribution in [3.05, 3.63) is 22.4 Å². The number of hydrogen-bond donors (Lipinski definition) is 1. The molecule has 5 heteroatoms. The molecule has 0 N–H and O–H groups in total. The van der Waals surface area contributed by atoms with Crippen molar-refractivity contribution >= 4 is 40.2 Å². The molecule has 0 bridgehead atoms. The van der Waals surface area contributed by atoms with E-state index >= 15 is 0 Å². The Morgan fingerprint density at radius 3 is 3.00 bits per heavy atom. The highest BCUT2D eigenvalue weighted by Gasteiger charge is 2.29. The summed E-state index contributed by atoms with van der Waals surface area (Å²) in [4.78, 5) is 17.7. The molecule has 80 valence electrons. The minimum atomic E-state index is 0.123. The summed E-state index contributed by atoms with van der Waals surface area (Å²) in [7, 11) is 0. The number of carbonyl (C=O) groups is 1. The molecule has 0 spiro atoms. The zero-order valence-electron chi connectivity index (χ0n) is 8.27. The maximum atomic E-state index is 11.7. The molecule has 0 aromatic carbocycles. The number of pyridine rings is 1. The molecule has 0 radical (unpaired) electrons. The van der Waals surface area contributed by atoms with Crippen molar-refractivity contribution in [3.8, 4) is 0 Å². The van der Waals surface area contributed by atoms with Gasteiger partial charge in [-0.3, -0.25) is 9.78 Å². The maximum Gasteiger partial charge on any atom is 0.228 e. The van der Waals surface area contributed by atoms with E-state index in [4.69, 9.17) is 0 Å². The van der Waals surface area contributed by atoms with Crippen LogP contribution in [-0.4, -0.2) is 22.7 Å². The third-order valence-corrected chi connectivity index (χ3v) is 3.20. The van der Waals surface area contributed by atoms with Gasteiger partial charge in [-0.15, -0.1) is 0 Å². The minimum absolute atomic E-state index is 0.123. The summed E-state index contributed by atoms with van der Waals surface area (Å²) in [5.74, 6) is 0.123. The van der Waals surface area contributed by atoms with Crippen LogP contribution in [0, 0.1) is 6.92 Å². The quantitative estimate of drug-likeness (QED) is 0.803. The Balaban J connectivity index is 2.37. The Kier molecular flexibility index (Phi) is 3.02. The van der Waals surface area contributed by atoms with Crippen LogP contribution in [0.2, 0.25) is 0 Å². The molecular formula is C10H11BrN2OS. The van der Waals surface area contributed by atoms with Gasteiger partial charge in [-0.25, -0.2) is 0 Å². The summed E-state index contributed by atoms with van der Waals surface area (Å²) in [5.41, 5.74) is 1.75. The fourth-order valence-electron chi connectivity index (χ4n) is 1.69. The van der Waals surface area contributed by atoms with Crippen molar-refractivity contribution in [2.45, 2.75) is 18.6 Å². The predicted octanol–water partition coefficient (Wildman–Crippen LogP) is 2.19. The lowest BCUT2D eigenvalue weighted by Gasteiger charge is -2.18. The fraction of sp³-hybridized carbons (Fsp3) is 0.400. The van der Waals surface area contributed by atoms with Gasteiger partial charge in [-0.05, 0) is 28.9 Å². The standard InChI is InChI=1S/C10H11BrN2OS/c1-6-9(2-7(11)4-12-6)13-5-8(15)3-10(13)14/h2,4,8,15H,3,5H2,1H3. The molecule has 1 unspecified atom stereocenters. The second-order valence-corrected chi connectivity index (χ2v) is 5.27. The lowest BCUT2D eigenvalue weighted by molar-refractivity contribution is -0.117. The van der Waals surface area contributed by atoms with Crippen LogP contribution in [-0.2, 0) is 4.79 Å². The molecule has 3 nitrogen and oxygen atoms in total. The van der Waals surface area contributed by atoms with Gasteiger partial charge in [0.2, 0.25) is 5.91 Å². The summed E-state index contributed by atoms with van der Waals surface area (Å²) < 4.78 is 0.888. The molecule has 1 aliphatic rings. The van der Waals surface area contributed by atoms with E-state index in [1.807, 2.05) is 13.0 Å². The Labute approximate surface area is 102 Å². The molecule has 0 saturated carbocycles. The first-order chi connectivity index (χ1) is 7.08. The van der Waals surface area contributed by atoms with Crippen molar-refractivity contribution in [2.24, 2.45) is 0 Å². The van der Waals surface area contributed by atoms with Gasteiger partial charge in [0.25, 0.3) is 0 Å². The fourth-order valence-corrected chi connectivity index (χ4v) is 2.33. The van der Waals surface area contributed by atoms with Crippen LogP contribution in [0.25, 0.3) is 0 Å². The van der Waals surface area contributed by atoms with Crippen molar-refractivity contribution in [2.75, 3.05) is 11.4 Å². The van der Waals surface area contributed by atoms with E-state index in [2.05, 4.69) is 33.5 Å². The average molecular weight is 287 g/mol. The molecule has 2 heterocycles. The van der Waals surface area contributed by atoms with Crippen LogP contribution in [0.15, 0.2) is 16.7 Å². The van der Waals surface area contributed by atoms with Gasteiger partial charge in [-0.2, -0.15) is 12.6 Å². The number of aryl methyl sites for hydroxylation is 1. The van der Waals surface area contributed by atoms with Crippen molar-refractivity contribution in [1.29, 1.82) is 0 Å². The number of hydrogen-bond acceptors (Lipinski definition) is 3. The van der Waals surface area contributed by atoms with E-state index in [1.54, 1.807) is 11.1 Å². The number of carbonyl (C=O) groups excluding carboxylic acids is 1. The number of rotatable bonds is 1. The second-order valence-electron chi connectivity index (χ2n) is 3.62. The highest BCUT2D eigenvalue weighted by Crippen LogP contribution is 2.28. The van der Waals surface area contributed by atoms with Crippen molar-refractivity contribution in [1.82, 2.24) is 4.98 Å². The molecule has 1 fully saturated rings. The SMILES string of the molecule is Cc1ncc(Br)cc1N1CC(S)CC1=O. The second kappa shape index (κ2) is 4.14. The van der Waals surface area contributed by atoms with Crippen molar-refractivity contribution < 1.29 is 4.79 Å². The van der Waals surface area contributed by atoms with E-state index in [-0.39, 0.29) is 11.2 Å². The van der Waals surface area contributed by atoms with E-state index in [0.29, 0.717) is 13.0 Å². The third kappa shape index (κ3) is 2.18. The molecule has 1 aromatic rings. The van der Waals surface area contributed by atoms with E-state index in [9.17, 15) is 4.79 Å².